The van der Waals surface area contributed by atoms with Crippen LogP contribution in [0.15, 0.2) is 53.6 Å². The largest absolute Gasteiger partial charge is 0.426 e. The van der Waals surface area contributed by atoms with E-state index in [2.05, 4.69) is 43.2 Å². The monoisotopic (exact) mass is 898 g/mol. The molecule has 1 fully saturated rings. The van der Waals surface area contributed by atoms with E-state index in [1.807, 2.05) is 43.3 Å². The van der Waals surface area contributed by atoms with Crippen LogP contribution in [-0.4, -0.2) is 109 Å². The highest BCUT2D eigenvalue weighted by Crippen LogP contribution is 2.42. The van der Waals surface area contributed by atoms with Crippen molar-refractivity contribution in [2.75, 3.05) is 45.6 Å². The number of rotatable bonds is 29. The minimum atomic E-state index is -4.57. The summed E-state index contributed by atoms with van der Waals surface area (Å²) in [5.41, 5.74) is 7.45. The number of hydrazine groups is 1. The number of hydrogen-bond acceptors (Lipinski definition) is 11. The van der Waals surface area contributed by atoms with Gasteiger partial charge in [0.1, 0.15) is 0 Å². The molecule has 64 heavy (non-hydrogen) atoms. The van der Waals surface area contributed by atoms with Crippen LogP contribution in [0, 0.1) is 12.3 Å². The minimum Gasteiger partial charge on any atom is -0.355 e. The number of benzene rings is 2. The van der Waals surface area contributed by atoms with Crippen molar-refractivity contribution in [3.8, 4) is 12.3 Å². The molecule has 20 heteroatoms. The molecule has 1 aliphatic heterocycles. The molecule has 3 rings (SSSR count). The minimum absolute atomic E-state index is 0.0463. The van der Waals surface area contributed by atoms with E-state index < -0.39 is 23.7 Å². The quantitative estimate of drug-likeness (QED) is 0.0147. The van der Waals surface area contributed by atoms with Crippen molar-refractivity contribution in [2.45, 2.75) is 108 Å². The molecular formula is C44H61F3N10O7. The zero-order valence-electron chi connectivity index (χ0n) is 36.5. The molecule has 0 bridgehead atoms. The lowest BCUT2D eigenvalue weighted by Gasteiger charge is -2.23. The summed E-state index contributed by atoms with van der Waals surface area (Å²) in [4.78, 5) is 77.6. The van der Waals surface area contributed by atoms with Crippen LogP contribution in [0.1, 0.15) is 105 Å². The lowest BCUT2D eigenvalue weighted by atomic mass is 10.0. The van der Waals surface area contributed by atoms with Gasteiger partial charge in [0.2, 0.25) is 35.2 Å². The maximum absolute atomic E-state index is 13.3. The van der Waals surface area contributed by atoms with Crippen LogP contribution in [0.25, 0.3) is 0 Å². The smallest absolute Gasteiger partial charge is 0.355 e. The molecule has 1 heterocycles. The van der Waals surface area contributed by atoms with Crippen molar-refractivity contribution in [3.05, 3.63) is 65.2 Å². The third-order valence-corrected chi connectivity index (χ3v) is 10.4. The summed E-state index contributed by atoms with van der Waals surface area (Å²) in [6.07, 6.45) is 9.51. The number of unbranched alkanes of at least 4 members (excludes halogenated alkanes) is 5. The number of nitrogens with zero attached hydrogens (tertiary/aromatic N) is 3. The normalized spacial score (nSPS) is 13.4. The Morgan fingerprint density at radius 3 is 2.11 bits per heavy atom. The highest BCUT2D eigenvalue weighted by molar-refractivity contribution is 5.94. The number of carbonyl (C=O) groups is 6. The lowest BCUT2D eigenvalue weighted by molar-refractivity contribution is -0.165. The van der Waals surface area contributed by atoms with Gasteiger partial charge in [0.25, 0.3) is 5.91 Å². The number of amides is 6. The van der Waals surface area contributed by atoms with Gasteiger partial charge in [-0.25, -0.2) is 21.8 Å². The van der Waals surface area contributed by atoms with Gasteiger partial charge >= 0.3 is 6.18 Å². The van der Waals surface area contributed by atoms with Gasteiger partial charge in [0.15, 0.2) is 0 Å². The molecule has 0 saturated carbocycles. The molecule has 8 N–H and O–H groups in total. The molecule has 0 aliphatic carbocycles. The van der Waals surface area contributed by atoms with Crippen LogP contribution < -0.4 is 37.7 Å². The van der Waals surface area contributed by atoms with E-state index in [1.165, 1.54) is 35.4 Å². The Morgan fingerprint density at radius 1 is 0.844 bits per heavy atom. The highest BCUT2D eigenvalue weighted by Gasteiger charge is 2.65. The van der Waals surface area contributed by atoms with Gasteiger partial charge in [-0.15, -0.1) is 12.3 Å². The fraction of sp³-hybridized carbons (Fsp3) is 0.523. The molecule has 2 aromatic carbocycles. The first kappa shape index (κ1) is 52.5. The Labute approximate surface area is 372 Å². The number of halogens is 3. The van der Waals surface area contributed by atoms with E-state index in [1.54, 1.807) is 5.48 Å². The molecule has 2 aromatic rings. The van der Waals surface area contributed by atoms with Crippen molar-refractivity contribution < 1.29 is 47.1 Å². The SMILES string of the molecule is C#CCCC(=O)N(CC/C=N/NC(=O)c1ccc(C2(C(F)(F)F)NN2)cc1)CC(=O)NCCCCC[C@H](C(=O)NCCc1ccc(NC(=O)CCCCCCC(=O)NO)cc1)N(C)C. The van der Waals surface area contributed by atoms with E-state index in [0.29, 0.717) is 57.3 Å². The fourth-order valence-electron chi connectivity index (χ4n) is 6.59. The molecule has 17 nitrogen and oxygen atoms in total. The number of hydrazone groups is 1. The summed E-state index contributed by atoms with van der Waals surface area (Å²) in [6.45, 7) is 0.727. The molecule has 0 spiro atoms. The summed E-state index contributed by atoms with van der Waals surface area (Å²) in [5.74, 6) is 0.502. The van der Waals surface area contributed by atoms with Crippen molar-refractivity contribution >= 4 is 47.3 Å². The third kappa shape index (κ3) is 18.5. The van der Waals surface area contributed by atoms with Gasteiger partial charge < -0.3 is 20.9 Å². The van der Waals surface area contributed by atoms with Crippen LogP contribution in [-0.2, 0) is 36.1 Å². The molecule has 350 valence electrons. The predicted molar refractivity (Wildman–Crippen MR) is 234 cm³/mol. The van der Waals surface area contributed by atoms with Crippen molar-refractivity contribution in [3.63, 3.8) is 0 Å². The van der Waals surface area contributed by atoms with Crippen molar-refractivity contribution in [2.24, 2.45) is 5.10 Å². The summed E-state index contributed by atoms with van der Waals surface area (Å²) in [5, 5.41) is 21.1. The highest BCUT2D eigenvalue weighted by atomic mass is 19.4. The van der Waals surface area contributed by atoms with Crippen molar-refractivity contribution in [1.29, 1.82) is 0 Å². The average molecular weight is 899 g/mol. The van der Waals surface area contributed by atoms with Gasteiger partial charge in [-0.3, -0.25) is 38.9 Å². The van der Waals surface area contributed by atoms with E-state index in [4.69, 9.17) is 11.6 Å². The van der Waals surface area contributed by atoms with Gasteiger partial charge in [0, 0.05) is 69.2 Å². The Bertz CT molecular complexity index is 1900. The summed E-state index contributed by atoms with van der Waals surface area (Å²) in [7, 11) is 3.70. The first-order valence-corrected chi connectivity index (χ1v) is 21.4. The maximum atomic E-state index is 13.3. The standard InChI is InChI=1S/C44H61F3N10O7/c1-4-5-17-40(61)57(30-13-28-50-52-41(62)33-20-22-34(23-21-33)43(54-55-43)44(45,46)47)31-39(60)48-27-12-8-9-14-36(56(2)3)42(63)49-29-26-32-18-24-35(25-19-32)51-37(58)15-10-6-7-11-16-38(59)53-64/h1,18-25,28,36,54-55,64H,5-17,26-27,29-31H2,2-3H3,(H,48,60)(H,49,63)(H,51,58)(H,52,62)(H,53,59)/b50-28+/t36-/m1/s1. The van der Waals surface area contributed by atoms with Crippen LogP contribution in [0.3, 0.4) is 0 Å². The number of anilines is 1. The fourth-order valence-corrected chi connectivity index (χ4v) is 6.59. The first-order chi connectivity index (χ1) is 30.6. The zero-order chi connectivity index (χ0) is 47.0. The molecule has 1 saturated heterocycles. The molecule has 0 unspecified atom stereocenters. The number of alkyl halides is 3. The first-order valence-electron chi connectivity index (χ1n) is 21.4. The van der Waals surface area contributed by atoms with Crippen molar-refractivity contribution in [1.82, 2.24) is 42.2 Å². The predicted octanol–water partition coefficient (Wildman–Crippen LogP) is 3.61. The number of hydroxylamine groups is 1. The number of carbonyl (C=O) groups excluding carboxylic acids is 6. The van der Waals surface area contributed by atoms with Gasteiger partial charge in [0.05, 0.1) is 12.6 Å². The topological polar surface area (TPSA) is 246 Å². The second-order valence-electron chi connectivity index (χ2n) is 15.5. The molecule has 6 amide bonds. The number of hydrogen-bond donors (Lipinski definition) is 8. The summed E-state index contributed by atoms with van der Waals surface area (Å²) < 4.78 is 39.9. The number of nitrogens with one attached hydrogen (secondary N) is 7. The third-order valence-electron chi connectivity index (χ3n) is 10.4. The van der Waals surface area contributed by atoms with Crippen LogP contribution in [0.4, 0.5) is 18.9 Å². The lowest BCUT2D eigenvalue weighted by Crippen LogP contribution is -2.44. The van der Waals surface area contributed by atoms with Gasteiger partial charge in [-0.2, -0.15) is 18.3 Å². The summed E-state index contributed by atoms with van der Waals surface area (Å²) in [6, 6.07) is 12.0. The number of terminal acetylenes is 1. The van der Waals surface area contributed by atoms with E-state index in [9.17, 15) is 41.9 Å². The summed E-state index contributed by atoms with van der Waals surface area (Å²) >= 11 is 0. The van der Waals surface area contributed by atoms with E-state index in [0.717, 1.165) is 31.2 Å². The van der Waals surface area contributed by atoms with Crippen LogP contribution >= 0.6 is 0 Å². The van der Waals surface area contributed by atoms with E-state index >= 15 is 0 Å². The van der Waals surface area contributed by atoms with Gasteiger partial charge in [-0.1, -0.05) is 49.9 Å². The van der Waals surface area contributed by atoms with Gasteiger partial charge in [-0.05, 0) is 81.6 Å². The Hall–Kier alpha value is -5.88. The van der Waals surface area contributed by atoms with Crippen LogP contribution in [0.2, 0.25) is 0 Å². The Morgan fingerprint density at radius 2 is 1.50 bits per heavy atom. The second kappa shape index (κ2) is 27.3. The maximum Gasteiger partial charge on any atom is 0.426 e. The second-order valence-corrected chi connectivity index (χ2v) is 15.5. The molecule has 1 aliphatic rings. The Kier molecular flexibility index (Phi) is 22.4. The van der Waals surface area contributed by atoms with Crippen LogP contribution in [0.5, 0.6) is 0 Å². The molecular weight excluding hydrogens is 838 g/mol. The number of likely N-dealkylation sites (N-methyl/N-ethyl adjacent to an activating group) is 1. The molecule has 0 radical (unpaired) electrons. The Balaban J connectivity index is 1.31. The molecule has 1 atom stereocenters. The zero-order valence-corrected chi connectivity index (χ0v) is 36.5. The van der Waals surface area contributed by atoms with E-state index in [-0.39, 0.29) is 79.6 Å². The average Bonchev–Trinajstić information content (AvgIpc) is 4.09. The molecule has 0 aromatic heterocycles.